The average molecular weight is 469 g/mol. The van der Waals surface area contributed by atoms with Gasteiger partial charge in [-0.15, -0.1) is 0 Å². The van der Waals surface area contributed by atoms with Crippen LogP contribution in [0.25, 0.3) is 22.0 Å². The Labute approximate surface area is 204 Å². The summed E-state index contributed by atoms with van der Waals surface area (Å²) in [5, 5.41) is 8.16. The molecule has 1 aromatic heterocycles. The molecule has 0 saturated heterocycles. The van der Waals surface area contributed by atoms with E-state index in [2.05, 4.69) is 41.9 Å². The molecule has 6 heteroatoms. The molecule has 0 amide bonds. The van der Waals surface area contributed by atoms with Crippen LogP contribution in [0.4, 0.5) is 0 Å². The molecule has 0 bridgehead atoms. The fraction of sp³-hybridized carbons (Fsp3) is 0.172. The zero-order valence-electron chi connectivity index (χ0n) is 19.9. The van der Waals surface area contributed by atoms with Crippen LogP contribution in [0.5, 0.6) is 11.5 Å². The summed E-state index contributed by atoms with van der Waals surface area (Å²) in [6.07, 6.45) is 3.71. The van der Waals surface area contributed by atoms with E-state index in [1.54, 1.807) is 19.4 Å². The first-order chi connectivity index (χ1) is 17.1. The normalized spacial score (nSPS) is 11.7. The van der Waals surface area contributed by atoms with E-state index in [0.29, 0.717) is 19.0 Å². The third kappa shape index (κ3) is 5.50. The van der Waals surface area contributed by atoms with Crippen molar-refractivity contribution in [3.63, 3.8) is 0 Å². The molecule has 4 aromatic rings. The van der Waals surface area contributed by atoms with Gasteiger partial charge in [-0.05, 0) is 59.0 Å². The Bertz CT molecular complexity index is 1370. The number of nitrogens with one attached hydrogen (secondary N) is 1. The van der Waals surface area contributed by atoms with Crippen LogP contribution >= 0.6 is 0 Å². The molecule has 1 N–H and O–H groups in total. The minimum atomic E-state index is -0.506. The van der Waals surface area contributed by atoms with Crippen LogP contribution in [-0.4, -0.2) is 36.5 Å². The van der Waals surface area contributed by atoms with Gasteiger partial charge in [-0.3, -0.25) is 5.10 Å². The molecule has 0 aliphatic rings. The fourth-order valence-corrected chi connectivity index (χ4v) is 4.04. The second-order valence-electron chi connectivity index (χ2n) is 7.87. The van der Waals surface area contributed by atoms with Gasteiger partial charge >= 0.3 is 5.97 Å². The maximum absolute atomic E-state index is 12.1. The highest BCUT2D eigenvalue weighted by molar-refractivity contribution is 6.02. The van der Waals surface area contributed by atoms with Gasteiger partial charge in [0.2, 0.25) is 0 Å². The lowest BCUT2D eigenvalue weighted by molar-refractivity contribution is -0.128. The minimum absolute atomic E-state index is 0.468. The molecule has 0 aliphatic carbocycles. The Kier molecular flexibility index (Phi) is 7.75. The quantitative estimate of drug-likeness (QED) is 0.101. The number of carbonyl (C=O) groups excluding carboxylic acids is 1. The average Bonchev–Trinajstić information content (AvgIpc) is 3.36. The smallest absolute Gasteiger partial charge is 0.335 e. The Morgan fingerprint density at radius 1 is 1.03 bits per heavy atom. The van der Waals surface area contributed by atoms with Crippen LogP contribution in [0.1, 0.15) is 30.0 Å². The number of H-pyrrole nitrogens is 1. The number of fused-ring (bicyclic) bond motifs is 1. The highest BCUT2D eigenvalue weighted by Gasteiger charge is 2.19. The first-order valence-electron chi connectivity index (χ1n) is 11.5. The van der Waals surface area contributed by atoms with Crippen molar-refractivity contribution in [2.45, 2.75) is 13.3 Å². The molecule has 0 aliphatic heterocycles. The summed E-state index contributed by atoms with van der Waals surface area (Å²) < 4.78 is 16.6. The SMILES string of the molecule is C=CC(=O)Oc1ccccc1/C(=C(\CC)c1cccc(OCCOC)c1)c1ccc2[nH]ncc2c1. The van der Waals surface area contributed by atoms with E-state index in [0.717, 1.165) is 50.9 Å². The largest absolute Gasteiger partial charge is 0.491 e. The first-order valence-corrected chi connectivity index (χ1v) is 11.5. The molecule has 0 saturated carbocycles. The molecule has 0 radical (unpaired) electrons. The van der Waals surface area contributed by atoms with Crippen LogP contribution in [0.2, 0.25) is 0 Å². The standard InChI is InChI=1S/C29H28N2O4/c1-4-24(20-9-8-10-23(18-20)34-16-15-33-3)29(21-13-14-26-22(17-21)19-30-31-26)25-11-6-7-12-27(25)35-28(32)5-2/h5-14,17-19H,2,4,15-16H2,1,3H3,(H,30,31)/b29-24+. The number of hydrogen-bond acceptors (Lipinski definition) is 5. The topological polar surface area (TPSA) is 73.4 Å². The Morgan fingerprint density at radius 2 is 1.89 bits per heavy atom. The van der Waals surface area contributed by atoms with E-state index in [1.165, 1.54) is 6.08 Å². The molecule has 178 valence electrons. The van der Waals surface area contributed by atoms with Gasteiger partial charge in [0.1, 0.15) is 18.1 Å². The summed E-state index contributed by atoms with van der Waals surface area (Å²) in [5.74, 6) is 0.730. The summed E-state index contributed by atoms with van der Waals surface area (Å²) in [6, 6.07) is 21.7. The first kappa shape index (κ1) is 24.0. The number of ether oxygens (including phenoxy) is 3. The molecule has 0 spiro atoms. The molecule has 3 aromatic carbocycles. The monoisotopic (exact) mass is 468 g/mol. The van der Waals surface area contributed by atoms with Crippen LogP contribution < -0.4 is 9.47 Å². The predicted molar refractivity (Wildman–Crippen MR) is 138 cm³/mol. The lowest BCUT2D eigenvalue weighted by atomic mass is 9.87. The van der Waals surface area contributed by atoms with E-state index in [-0.39, 0.29) is 0 Å². The number of benzene rings is 3. The van der Waals surface area contributed by atoms with Gasteiger partial charge in [-0.2, -0.15) is 5.10 Å². The number of methoxy groups -OCH3 is 1. The van der Waals surface area contributed by atoms with Crippen molar-refractivity contribution in [3.8, 4) is 11.5 Å². The van der Waals surface area contributed by atoms with Crippen molar-refractivity contribution in [2.75, 3.05) is 20.3 Å². The Balaban J connectivity index is 1.93. The van der Waals surface area contributed by atoms with Crippen molar-refractivity contribution < 1.29 is 19.0 Å². The predicted octanol–water partition coefficient (Wildman–Crippen LogP) is 6.05. The second kappa shape index (κ2) is 11.3. The van der Waals surface area contributed by atoms with Crippen molar-refractivity contribution in [1.29, 1.82) is 0 Å². The molecule has 0 unspecified atom stereocenters. The second-order valence-corrected chi connectivity index (χ2v) is 7.87. The third-order valence-corrected chi connectivity index (χ3v) is 5.66. The molecule has 0 fully saturated rings. The minimum Gasteiger partial charge on any atom is -0.491 e. The number of hydrogen-bond donors (Lipinski definition) is 1. The summed E-state index contributed by atoms with van der Waals surface area (Å²) in [5.41, 5.74) is 5.83. The van der Waals surface area contributed by atoms with Gasteiger partial charge in [0, 0.05) is 24.1 Å². The van der Waals surface area contributed by atoms with Crippen LogP contribution in [0.15, 0.2) is 85.6 Å². The Morgan fingerprint density at radius 3 is 2.69 bits per heavy atom. The zero-order chi connectivity index (χ0) is 24.6. The van der Waals surface area contributed by atoms with Gasteiger partial charge in [0.15, 0.2) is 0 Å². The van der Waals surface area contributed by atoms with Gasteiger partial charge in [0.05, 0.1) is 18.3 Å². The molecule has 35 heavy (non-hydrogen) atoms. The number of esters is 1. The Hall–Kier alpha value is -4.16. The van der Waals surface area contributed by atoms with Gasteiger partial charge in [0.25, 0.3) is 0 Å². The number of rotatable bonds is 10. The maximum atomic E-state index is 12.1. The van der Waals surface area contributed by atoms with Crippen LogP contribution in [0.3, 0.4) is 0 Å². The van der Waals surface area contributed by atoms with E-state index in [9.17, 15) is 4.79 Å². The van der Waals surface area contributed by atoms with Gasteiger partial charge < -0.3 is 14.2 Å². The summed E-state index contributed by atoms with van der Waals surface area (Å²) in [6.45, 7) is 6.63. The highest BCUT2D eigenvalue weighted by atomic mass is 16.5. The molecule has 4 rings (SSSR count). The lowest BCUT2D eigenvalue weighted by Gasteiger charge is -2.19. The molecule has 6 nitrogen and oxygen atoms in total. The summed E-state index contributed by atoms with van der Waals surface area (Å²) >= 11 is 0. The third-order valence-electron chi connectivity index (χ3n) is 5.66. The number of para-hydroxylation sites is 1. The van der Waals surface area contributed by atoms with Crippen molar-refractivity contribution >= 4 is 28.0 Å². The fourth-order valence-electron chi connectivity index (χ4n) is 4.04. The molecular formula is C29H28N2O4. The summed E-state index contributed by atoms with van der Waals surface area (Å²) in [7, 11) is 1.65. The lowest BCUT2D eigenvalue weighted by Crippen LogP contribution is -2.06. The number of aromatic amines is 1. The summed E-state index contributed by atoms with van der Waals surface area (Å²) in [4.78, 5) is 12.1. The number of allylic oxidation sites excluding steroid dienone is 1. The van der Waals surface area contributed by atoms with E-state index >= 15 is 0 Å². The van der Waals surface area contributed by atoms with E-state index in [4.69, 9.17) is 14.2 Å². The van der Waals surface area contributed by atoms with Crippen molar-refractivity contribution in [2.24, 2.45) is 0 Å². The van der Waals surface area contributed by atoms with Crippen LogP contribution in [0, 0.1) is 0 Å². The van der Waals surface area contributed by atoms with Gasteiger partial charge in [-0.1, -0.05) is 49.9 Å². The van der Waals surface area contributed by atoms with Crippen molar-refractivity contribution in [1.82, 2.24) is 10.2 Å². The maximum Gasteiger partial charge on any atom is 0.335 e. The molecular weight excluding hydrogens is 440 g/mol. The highest BCUT2D eigenvalue weighted by Crippen LogP contribution is 2.40. The zero-order valence-corrected chi connectivity index (χ0v) is 19.9. The number of nitrogens with zero attached hydrogens (tertiary/aromatic N) is 1. The molecule has 1 heterocycles. The van der Waals surface area contributed by atoms with E-state index in [1.807, 2.05) is 42.5 Å². The number of aromatic nitrogens is 2. The van der Waals surface area contributed by atoms with Crippen molar-refractivity contribution in [3.05, 3.63) is 102 Å². The van der Waals surface area contributed by atoms with E-state index < -0.39 is 5.97 Å². The number of carbonyl (C=O) groups is 1. The van der Waals surface area contributed by atoms with Crippen LogP contribution in [-0.2, 0) is 9.53 Å². The van der Waals surface area contributed by atoms with Gasteiger partial charge in [-0.25, -0.2) is 4.79 Å². The molecule has 0 atom stereocenters.